The number of aromatic nitrogens is 1. The average molecular weight is 262 g/mol. The number of thiazole rings is 1. The van der Waals surface area contributed by atoms with E-state index in [1.165, 1.54) is 9.71 Å². The van der Waals surface area contributed by atoms with E-state index in [2.05, 4.69) is 24.4 Å². The molecule has 0 bridgehead atoms. The second kappa shape index (κ2) is 4.86. The SMILES string of the molecule is CCOc1ccc2nc([C@@H]3CNC[C@H]3C)sc2c1. The van der Waals surface area contributed by atoms with Crippen molar-refractivity contribution in [3.8, 4) is 5.75 Å². The van der Waals surface area contributed by atoms with Gasteiger partial charge in [0.05, 0.1) is 21.8 Å². The predicted octanol–water partition coefficient (Wildman–Crippen LogP) is 3.02. The van der Waals surface area contributed by atoms with Crippen LogP contribution in [0.15, 0.2) is 18.2 Å². The molecule has 3 nitrogen and oxygen atoms in total. The Kier molecular flexibility index (Phi) is 3.22. The van der Waals surface area contributed by atoms with Gasteiger partial charge in [0.25, 0.3) is 0 Å². The summed E-state index contributed by atoms with van der Waals surface area (Å²) in [4.78, 5) is 4.77. The van der Waals surface area contributed by atoms with Gasteiger partial charge in [-0.3, -0.25) is 0 Å². The third-order valence-electron chi connectivity index (χ3n) is 3.52. The van der Waals surface area contributed by atoms with Crippen LogP contribution < -0.4 is 10.1 Å². The minimum absolute atomic E-state index is 0.568. The van der Waals surface area contributed by atoms with E-state index in [4.69, 9.17) is 9.72 Å². The molecule has 2 heterocycles. The van der Waals surface area contributed by atoms with Crippen LogP contribution >= 0.6 is 11.3 Å². The Bertz CT molecular complexity index is 552. The lowest BCUT2D eigenvalue weighted by molar-refractivity contribution is 0.341. The van der Waals surface area contributed by atoms with Crippen molar-refractivity contribution in [3.05, 3.63) is 23.2 Å². The molecule has 0 amide bonds. The Morgan fingerprint density at radius 2 is 2.33 bits per heavy atom. The molecule has 0 spiro atoms. The molecule has 2 aromatic rings. The highest BCUT2D eigenvalue weighted by atomic mass is 32.1. The third kappa shape index (κ3) is 2.10. The number of nitrogens with zero attached hydrogens (tertiary/aromatic N) is 1. The van der Waals surface area contributed by atoms with Crippen molar-refractivity contribution >= 4 is 21.6 Å². The molecule has 0 radical (unpaired) electrons. The number of hydrogen-bond donors (Lipinski definition) is 1. The van der Waals surface area contributed by atoms with Crippen molar-refractivity contribution < 1.29 is 4.74 Å². The lowest BCUT2D eigenvalue weighted by Crippen LogP contribution is -2.07. The lowest BCUT2D eigenvalue weighted by atomic mass is 9.99. The zero-order chi connectivity index (χ0) is 12.5. The topological polar surface area (TPSA) is 34.1 Å². The van der Waals surface area contributed by atoms with Crippen LogP contribution in [-0.2, 0) is 0 Å². The summed E-state index contributed by atoms with van der Waals surface area (Å²) in [5.41, 5.74) is 1.09. The van der Waals surface area contributed by atoms with Gasteiger partial charge >= 0.3 is 0 Å². The standard InChI is InChI=1S/C14H18N2OS/c1-3-17-10-4-5-12-13(6-10)18-14(16-12)11-8-15-7-9(11)2/h4-6,9,11,15H,3,7-8H2,1-2H3/t9-,11-/m1/s1. The minimum Gasteiger partial charge on any atom is -0.494 e. The van der Waals surface area contributed by atoms with E-state index in [1.807, 2.05) is 24.3 Å². The Balaban J connectivity index is 1.95. The van der Waals surface area contributed by atoms with Crippen LogP contribution in [-0.4, -0.2) is 24.7 Å². The molecule has 1 aromatic heterocycles. The first-order valence-electron chi connectivity index (χ1n) is 6.52. The molecule has 18 heavy (non-hydrogen) atoms. The normalized spacial score (nSPS) is 23.7. The maximum Gasteiger partial charge on any atom is 0.120 e. The average Bonchev–Trinajstić information content (AvgIpc) is 2.94. The van der Waals surface area contributed by atoms with E-state index < -0.39 is 0 Å². The highest BCUT2D eigenvalue weighted by Crippen LogP contribution is 2.34. The molecule has 3 rings (SSSR count). The third-order valence-corrected chi connectivity index (χ3v) is 4.67. The highest BCUT2D eigenvalue weighted by molar-refractivity contribution is 7.18. The Morgan fingerprint density at radius 1 is 1.44 bits per heavy atom. The second-order valence-corrected chi connectivity index (χ2v) is 5.92. The summed E-state index contributed by atoms with van der Waals surface area (Å²) in [5, 5.41) is 4.70. The fraction of sp³-hybridized carbons (Fsp3) is 0.500. The second-order valence-electron chi connectivity index (χ2n) is 4.86. The van der Waals surface area contributed by atoms with Gasteiger partial charge in [-0.25, -0.2) is 4.98 Å². The molecule has 1 aromatic carbocycles. The summed E-state index contributed by atoms with van der Waals surface area (Å²) in [6.45, 7) is 7.17. The smallest absolute Gasteiger partial charge is 0.120 e. The molecule has 1 N–H and O–H groups in total. The van der Waals surface area contributed by atoms with Crippen molar-refractivity contribution in [2.45, 2.75) is 19.8 Å². The van der Waals surface area contributed by atoms with Gasteiger partial charge in [0, 0.05) is 12.5 Å². The van der Waals surface area contributed by atoms with Crippen LogP contribution in [0.1, 0.15) is 24.8 Å². The van der Waals surface area contributed by atoms with Crippen molar-refractivity contribution in [1.29, 1.82) is 0 Å². The quantitative estimate of drug-likeness (QED) is 0.923. The summed E-state index contributed by atoms with van der Waals surface area (Å²) >= 11 is 1.81. The van der Waals surface area contributed by atoms with Crippen molar-refractivity contribution in [3.63, 3.8) is 0 Å². The van der Waals surface area contributed by atoms with E-state index in [0.717, 1.165) is 24.4 Å². The lowest BCUT2D eigenvalue weighted by Gasteiger charge is -2.09. The van der Waals surface area contributed by atoms with Gasteiger partial charge in [0.1, 0.15) is 5.75 Å². The maximum absolute atomic E-state index is 5.54. The largest absolute Gasteiger partial charge is 0.494 e. The van der Waals surface area contributed by atoms with E-state index in [9.17, 15) is 0 Å². The fourth-order valence-corrected chi connectivity index (χ4v) is 3.71. The molecule has 1 saturated heterocycles. The molecule has 1 aliphatic rings. The monoisotopic (exact) mass is 262 g/mol. The molecule has 0 saturated carbocycles. The predicted molar refractivity (Wildman–Crippen MR) is 75.6 cm³/mol. The van der Waals surface area contributed by atoms with Gasteiger partial charge in [-0.1, -0.05) is 6.92 Å². The van der Waals surface area contributed by atoms with Gasteiger partial charge in [0.2, 0.25) is 0 Å². The number of nitrogens with one attached hydrogen (secondary N) is 1. The summed E-state index contributed by atoms with van der Waals surface area (Å²) in [7, 11) is 0. The van der Waals surface area contributed by atoms with Crippen LogP contribution in [0.25, 0.3) is 10.2 Å². The zero-order valence-corrected chi connectivity index (χ0v) is 11.6. The number of benzene rings is 1. The van der Waals surface area contributed by atoms with Crippen LogP contribution in [0, 0.1) is 5.92 Å². The number of hydrogen-bond acceptors (Lipinski definition) is 4. The summed E-state index contributed by atoms with van der Waals surface area (Å²) in [5.74, 6) is 2.19. The zero-order valence-electron chi connectivity index (χ0n) is 10.8. The molecule has 1 aliphatic heterocycles. The minimum atomic E-state index is 0.568. The van der Waals surface area contributed by atoms with Crippen molar-refractivity contribution in [1.82, 2.24) is 10.3 Å². The van der Waals surface area contributed by atoms with Crippen LogP contribution in [0.5, 0.6) is 5.75 Å². The van der Waals surface area contributed by atoms with Crippen LogP contribution in [0.3, 0.4) is 0 Å². The molecular weight excluding hydrogens is 244 g/mol. The van der Waals surface area contributed by atoms with E-state index in [1.54, 1.807) is 0 Å². The van der Waals surface area contributed by atoms with Gasteiger partial charge < -0.3 is 10.1 Å². The molecule has 4 heteroatoms. The van der Waals surface area contributed by atoms with Crippen molar-refractivity contribution in [2.24, 2.45) is 5.92 Å². The molecule has 1 fully saturated rings. The molecule has 0 aliphatic carbocycles. The molecule has 0 unspecified atom stereocenters. The summed E-state index contributed by atoms with van der Waals surface area (Å²) < 4.78 is 6.77. The molecular formula is C14H18N2OS. The molecule has 2 atom stereocenters. The first kappa shape index (κ1) is 11.9. The highest BCUT2D eigenvalue weighted by Gasteiger charge is 2.27. The van der Waals surface area contributed by atoms with Gasteiger partial charge in [-0.2, -0.15) is 0 Å². The first-order valence-corrected chi connectivity index (χ1v) is 7.33. The Labute approximate surface area is 111 Å². The Hall–Kier alpha value is -1.13. The van der Waals surface area contributed by atoms with Gasteiger partial charge in [0.15, 0.2) is 0 Å². The van der Waals surface area contributed by atoms with Gasteiger partial charge in [-0.05, 0) is 37.6 Å². The van der Waals surface area contributed by atoms with E-state index >= 15 is 0 Å². The van der Waals surface area contributed by atoms with Crippen molar-refractivity contribution in [2.75, 3.05) is 19.7 Å². The van der Waals surface area contributed by atoms with Crippen LogP contribution in [0.4, 0.5) is 0 Å². The molecule has 96 valence electrons. The first-order chi connectivity index (χ1) is 8.78. The van der Waals surface area contributed by atoms with E-state index in [0.29, 0.717) is 18.4 Å². The fourth-order valence-electron chi connectivity index (χ4n) is 2.48. The number of ether oxygens (including phenoxy) is 1. The summed E-state index contributed by atoms with van der Waals surface area (Å²) in [6, 6.07) is 6.17. The van der Waals surface area contributed by atoms with E-state index in [-0.39, 0.29) is 0 Å². The Morgan fingerprint density at radius 3 is 3.06 bits per heavy atom. The maximum atomic E-state index is 5.54. The summed E-state index contributed by atoms with van der Waals surface area (Å²) in [6.07, 6.45) is 0. The van der Waals surface area contributed by atoms with Crippen LogP contribution in [0.2, 0.25) is 0 Å². The number of rotatable bonds is 3. The van der Waals surface area contributed by atoms with Gasteiger partial charge in [-0.15, -0.1) is 11.3 Å². The number of fused-ring (bicyclic) bond motifs is 1.